The quantitative estimate of drug-likeness (QED) is 0.879. The molecule has 0 radical (unpaired) electrons. The third kappa shape index (κ3) is 5.21. The third-order valence-corrected chi connectivity index (χ3v) is 6.79. The minimum atomic E-state index is -3.56. The van der Waals surface area contributed by atoms with Gasteiger partial charge in [0.2, 0.25) is 5.91 Å². The van der Waals surface area contributed by atoms with Gasteiger partial charge in [0, 0.05) is 11.1 Å². The van der Waals surface area contributed by atoms with Gasteiger partial charge in [0.25, 0.3) is 0 Å². The normalized spacial score (nSPS) is 23.3. The van der Waals surface area contributed by atoms with Gasteiger partial charge in [0.05, 0.1) is 5.75 Å². The Labute approximate surface area is 143 Å². The zero-order valence-electron chi connectivity index (χ0n) is 13.6. The lowest BCUT2D eigenvalue weighted by atomic mass is 9.87. The Morgan fingerprint density at radius 3 is 2.57 bits per heavy atom. The highest BCUT2D eigenvalue weighted by Gasteiger charge is 2.30. The SMILES string of the molecule is CC1CCC(NC(=O)[C@@H](C)S(=O)(=O)Cc2cccc(Cl)c2)CC1. The van der Waals surface area contributed by atoms with Gasteiger partial charge in [-0.25, -0.2) is 8.42 Å². The van der Waals surface area contributed by atoms with Gasteiger partial charge in [0.1, 0.15) is 5.25 Å². The second-order valence-corrected chi connectivity index (χ2v) is 9.30. The first-order chi connectivity index (χ1) is 10.8. The van der Waals surface area contributed by atoms with Crippen LogP contribution in [0, 0.1) is 5.92 Å². The van der Waals surface area contributed by atoms with Gasteiger partial charge < -0.3 is 5.32 Å². The Morgan fingerprint density at radius 2 is 1.96 bits per heavy atom. The van der Waals surface area contributed by atoms with Crippen LogP contribution in [-0.4, -0.2) is 25.6 Å². The Bertz CT molecular complexity index is 652. The van der Waals surface area contributed by atoms with Crippen LogP contribution in [0.15, 0.2) is 24.3 Å². The number of rotatable bonds is 5. The zero-order chi connectivity index (χ0) is 17.0. The van der Waals surface area contributed by atoms with Crippen LogP contribution in [0.25, 0.3) is 0 Å². The molecule has 6 heteroatoms. The van der Waals surface area contributed by atoms with Crippen LogP contribution in [0.4, 0.5) is 0 Å². The number of carbonyl (C=O) groups excluding carboxylic acids is 1. The number of carbonyl (C=O) groups is 1. The summed E-state index contributed by atoms with van der Waals surface area (Å²) in [4.78, 5) is 12.3. The lowest BCUT2D eigenvalue weighted by Gasteiger charge is -2.27. The Hall–Kier alpha value is -1.07. The summed E-state index contributed by atoms with van der Waals surface area (Å²) >= 11 is 5.88. The number of hydrogen-bond acceptors (Lipinski definition) is 3. The number of halogens is 1. The van der Waals surface area contributed by atoms with E-state index in [4.69, 9.17) is 11.6 Å². The van der Waals surface area contributed by atoms with E-state index in [9.17, 15) is 13.2 Å². The van der Waals surface area contributed by atoms with E-state index in [0.29, 0.717) is 16.5 Å². The minimum absolute atomic E-state index is 0.0996. The minimum Gasteiger partial charge on any atom is -0.352 e. The number of benzene rings is 1. The summed E-state index contributed by atoms with van der Waals surface area (Å²) in [5.41, 5.74) is 0.601. The fourth-order valence-corrected chi connectivity index (χ4v) is 4.37. The van der Waals surface area contributed by atoms with Crippen molar-refractivity contribution in [3.05, 3.63) is 34.9 Å². The molecule has 0 aromatic heterocycles. The van der Waals surface area contributed by atoms with E-state index in [-0.39, 0.29) is 11.8 Å². The van der Waals surface area contributed by atoms with Crippen LogP contribution < -0.4 is 5.32 Å². The van der Waals surface area contributed by atoms with Crippen LogP contribution >= 0.6 is 11.6 Å². The van der Waals surface area contributed by atoms with Gasteiger partial charge in [0.15, 0.2) is 9.84 Å². The van der Waals surface area contributed by atoms with E-state index < -0.39 is 21.0 Å². The predicted molar refractivity (Wildman–Crippen MR) is 93.1 cm³/mol. The molecule has 0 heterocycles. The van der Waals surface area contributed by atoms with Crippen molar-refractivity contribution in [2.75, 3.05) is 0 Å². The lowest BCUT2D eigenvalue weighted by Crippen LogP contribution is -2.44. The van der Waals surface area contributed by atoms with Gasteiger partial charge >= 0.3 is 0 Å². The molecule has 1 saturated carbocycles. The molecule has 1 N–H and O–H groups in total. The molecular weight excluding hydrogens is 334 g/mol. The van der Waals surface area contributed by atoms with E-state index in [1.165, 1.54) is 6.92 Å². The maximum Gasteiger partial charge on any atom is 0.238 e. The molecule has 0 unspecified atom stereocenters. The van der Waals surface area contributed by atoms with Crippen LogP contribution in [0.5, 0.6) is 0 Å². The molecule has 0 bridgehead atoms. The van der Waals surface area contributed by atoms with Gasteiger partial charge in [-0.3, -0.25) is 4.79 Å². The van der Waals surface area contributed by atoms with Gasteiger partial charge in [-0.15, -0.1) is 0 Å². The van der Waals surface area contributed by atoms with Crippen molar-refractivity contribution in [2.24, 2.45) is 5.92 Å². The number of nitrogens with one attached hydrogen (secondary N) is 1. The van der Waals surface area contributed by atoms with Crippen molar-refractivity contribution in [3.8, 4) is 0 Å². The summed E-state index contributed by atoms with van der Waals surface area (Å²) in [6.45, 7) is 3.66. The maximum atomic E-state index is 12.4. The molecule has 23 heavy (non-hydrogen) atoms. The molecule has 128 valence electrons. The molecule has 1 amide bonds. The molecule has 4 nitrogen and oxygen atoms in total. The van der Waals surface area contributed by atoms with E-state index in [1.54, 1.807) is 24.3 Å². The number of sulfone groups is 1. The first kappa shape index (κ1) is 18.3. The molecule has 0 aliphatic heterocycles. The van der Waals surface area contributed by atoms with Crippen molar-refractivity contribution in [1.29, 1.82) is 0 Å². The Balaban J connectivity index is 1.97. The van der Waals surface area contributed by atoms with E-state index in [1.807, 2.05) is 0 Å². The molecule has 0 saturated heterocycles. The highest BCUT2D eigenvalue weighted by atomic mass is 35.5. The summed E-state index contributed by atoms with van der Waals surface area (Å²) in [6, 6.07) is 6.82. The van der Waals surface area contributed by atoms with Crippen molar-refractivity contribution < 1.29 is 13.2 Å². The van der Waals surface area contributed by atoms with E-state index >= 15 is 0 Å². The fourth-order valence-electron chi connectivity index (χ4n) is 2.87. The zero-order valence-corrected chi connectivity index (χ0v) is 15.2. The molecule has 0 spiro atoms. The average Bonchev–Trinajstić information content (AvgIpc) is 2.48. The standard InChI is InChI=1S/C17H24ClNO3S/c1-12-6-8-16(9-7-12)19-17(20)13(2)23(21,22)11-14-4-3-5-15(18)10-14/h3-5,10,12-13,16H,6-9,11H2,1-2H3,(H,19,20)/t12?,13-,16?/m1/s1. The summed E-state index contributed by atoms with van der Waals surface area (Å²) in [5, 5.41) is 2.34. The largest absolute Gasteiger partial charge is 0.352 e. The predicted octanol–water partition coefficient (Wildman–Crippen LogP) is 3.34. The van der Waals surface area contributed by atoms with Crippen LogP contribution in [0.2, 0.25) is 5.02 Å². The number of hydrogen-bond donors (Lipinski definition) is 1. The first-order valence-electron chi connectivity index (χ1n) is 8.04. The highest BCUT2D eigenvalue weighted by Crippen LogP contribution is 2.24. The maximum absolute atomic E-state index is 12.4. The van der Waals surface area contributed by atoms with Crippen molar-refractivity contribution in [3.63, 3.8) is 0 Å². The molecule has 1 aliphatic rings. The smallest absolute Gasteiger partial charge is 0.238 e. The summed E-state index contributed by atoms with van der Waals surface area (Å²) in [6.07, 6.45) is 4.01. The monoisotopic (exact) mass is 357 g/mol. The van der Waals surface area contributed by atoms with Crippen LogP contribution in [0.1, 0.15) is 45.1 Å². The molecule has 1 aliphatic carbocycles. The molecular formula is C17H24ClNO3S. The second-order valence-electron chi connectivity index (χ2n) is 6.54. The highest BCUT2D eigenvalue weighted by molar-refractivity contribution is 7.92. The lowest BCUT2D eigenvalue weighted by molar-refractivity contribution is -0.121. The molecule has 1 aromatic rings. The molecule has 1 fully saturated rings. The average molecular weight is 358 g/mol. The molecule has 1 aromatic carbocycles. The third-order valence-electron chi connectivity index (χ3n) is 4.53. The Kier molecular flexibility index (Phi) is 6.09. The topological polar surface area (TPSA) is 63.2 Å². The summed E-state index contributed by atoms with van der Waals surface area (Å²) in [5.74, 6) is 0.114. The van der Waals surface area contributed by atoms with Gasteiger partial charge in [-0.1, -0.05) is 30.7 Å². The first-order valence-corrected chi connectivity index (χ1v) is 10.1. The summed E-state index contributed by atoms with van der Waals surface area (Å²) in [7, 11) is -3.56. The van der Waals surface area contributed by atoms with E-state index in [0.717, 1.165) is 25.7 Å². The second kappa shape index (κ2) is 7.67. The van der Waals surface area contributed by atoms with Crippen LogP contribution in [0.3, 0.4) is 0 Å². The van der Waals surface area contributed by atoms with Crippen molar-refractivity contribution in [2.45, 2.75) is 56.6 Å². The summed E-state index contributed by atoms with van der Waals surface area (Å²) < 4.78 is 24.9. The van der Waals surface area contributed by atoms with Gasteiger partial charge in [-0.2, -0.15) is 0 Å². The van der Waals surface area contributed by atoms with Crippen LogP contribution in [-0.2, 0) is 20.4 Å². The van der Waals surface area contributed by atoms with E-state index in [2.05, 4.69) is 12.2 Å². The Morgan fingerprint density at radius 1 is 1.30 bits per heavy atom. The molecule has 2 rings (SSSR count). The molecule has 1 atom stereocenters. The van der Waals surface area contributed by atoms with Gasteiger partial charge in [-0.05, 0) is 56.2 Å². The van der Waals surface area contributed by atoms with Crippen molar-refractivity contribution in [1.82, 2.24) is 5.32 Å². The number of amides is 1. The van der Waals surface area contributed by atoms with Crippen molar-refractivity contribution >= 4 is 27.3 Å². The fraction of sp³-hybridized carbons (Fsp3) is 0.588.